The summed E-state index contributed by atoms with van der Waals surface area (Å²) >= 11 is 0. The highest BCUT2D eigenvalue weighted by atomic mass is 16.5. The maximum absolute atomic E-state index is 12.7. The molecule has 0 unspecified atom stereocenters. The molecule has 2 amide bonds. The SMILES string of the molecule is Cc1ccc(C(=O)N2CCN(C(=O)c3cc(-c4ccco4)on3)CC2)cc1C. The number of carbonyl (C=O) groups is 2. The van der Waals surface area contributed by atoms with Crippen molar-refractivity contribution < 1.29 is 18.5 Å². The van der Waals surface area contributed by atoms with Gasteiger partial charge in [0.1, 0.15) is 0 Å². The van der Waals surface area contributed by atoms with Crippen molar-refractivity contribution in [3.63, 3.8) is 0 Å². The van der Waals surface area contributed by atoms with Crippen LogP contribution >= 0.6 is 0 Å². The lowest BCUT2D eigenvalue weighted by Crippen LogP contribution is -2.50. The van der Waals surface area contributed by atoms with Crippen LogP contribution in [0.2, 0.25) is 0 Å². The summed E-state index contributed by atoms with van der Waals surface area (Å²) in [7, 11) is 0. The molecule has 3 aromatic rings. The molecular weight excluding hydrogens is 358 g/mol. The van der Waals surface area contributed by atoms with Gasteiger partial charge in [-0.1, -0.05) is 11.2 Å². The Bertz CT molecular complexity index is 999. The summed E-state index contributed by atoms with van der Waals surface area (Å²) in [6.07, 6.45) is 1.53. The van der Waals surface area contributed by atoms with Crippen LogP contribution in [0.5, 0.6) is 0 Å². The van der Waals surface area contributed by atoms with Gasteiger partial charge in [0.15, 0.2) is 11.5 Å². The molecule has 7 heteroatoms. The number of piperazine rings is 1. The first-order valence-electron chi connectivity index (χ1n) is 9.19. The third-order valence-corrected chi connectivity index (χ3v) is 5.10. The monoisotopic (exact) mass is 379 g/mol. The minimum atomic E-state index is -0.208. The Labute approximate surface area is 162 Å². The van der Waals surface area contributed by atoms with Gasteiger partial charge in [0.05, 0.1) is 6.26 Å². The van der Waals surface area contributed by atoms with E-state index >= 15 is 0 Å². The van der Waals surface area contributed by atoms with Crippen LogP contribution in [0.4, 0.5) is 0 Å². The number of amides is 2. The smallest absolute Gasteiger partial charge is 0.276 e. The number of hydrogen-bond donors (Lipinski definition) is 0. The zero-order valence-corrected chi connectivity index (χ0v) is 15.8. The van der Waals surface area contributed by atoms with Crippen molar-refractivity contribution in [2.24, 2.45) is 0 Å². The minimum absolute atomic E-state index is 0.00302. The fourth-order valence-electron chi connectivity index (χ4n) is 3.24. The summed E-state index contributed by atoms with van der Waals surface area (Å²) in [5.41, 5.74) is 3.18. The number of hydrogen-bond acceptors (Lipinski definition) is 5. The van der Waals surface area contributed by atoms with Crippen molar-refractivity contribution in [1.82, 2.24) is 15.0 Å². The van der Waals surface area contributed by atoms with E-state index in [0.29, 0.717) is 43.3 Å². The number of furan rings is 1. The highest BCUT2D eigenvalue weighted by Crippen LogP contribution is 2.21. The molecule has 1 fully saturated rings. The van der Waals surface area contributed by atoms with E-state index < -0.39 is 0 Å². The van der Waals surface area contributed by atoms with Crippen molar-refractivity contribution in [2.75, 3.05) is 26.2 Å². The predicted molar refractivity (Wildman–Crippen MR) is 102 cm³/mol. The molecule has 144 valence electrons. The highest BCUT2D eigenvalue weighted by Gasteiger charge is 2.27. The van der Waals surface area contributed by atoms with E-state index in [9.17, 15) is 9.59 Å². The molecule has 0 bridgehead atoms. The summed E-state index contributed by atoms with van der Waals surface area (Å²) in [5.74, 6) is 0.726. The molecule has 0 N–H and O–H groups in total. The van der Waals surface area contributed by atoms with E-state index in [4.69, 9.17) is 8.94 Å². The van der Waals surface area contributed by atoms with Crippen LogP contribution in [0, 0.1) is 13.8 Å². The van der Waals surface area contributed by atoms with Crippen LogP contribution in [0.3, 0.4) is 0 Å². The molecule has 28 heavy (non-hydrogen) atoms. The fraction of sp³-hybridized carbons (Fsp3) is 0.286. The summed E-state index contributed by atoms with van der Waals surface area (Å²) in [5, 5.41) is 3.86. The number of aryl methyl sites for hydroxylation is 2. The first kappa shape index (κ1) is 18.0. The first-order chi connectivity index (χ1) is 13.5. The molecule has 0 atom stereocenters. The van der Waals surface area contributed by atoms with Crippen LogP contribution in [0.1, 0.15) is 32.0 Å². The van der Waals surface area contributed by atoms with Gasteiger partial charge in [-0.05, 0) is 49.2 Å². The zero-order chi connectivity index (χ0) is 19.7. The minimum Gasteiger partial charge on any atom is -0.461 e. The molecule has 2 aromatic heterocycles. The molecule has 1 aliphatic rings. The lowest BCUT2D eigenvalue weighted by Gasteiger charge is -2.34. The summed E-state index contributed by atoms with van der Waals surface area (Å²) in [6, 6.07) is 10.8. The van der Waals surface area contributed by atoms with Gasteiger partial charge < -0.3 is 18.7 Å². The topological polar surface area (TPSA) is 79.8 Å². The summed E-state index contributed by atoms with van der Waals surface area (Å²) in [4.78, 5) is 28.9. The van der Waals surface area contributed by atoms with Crippen molar-refractivity contribution >= 4 is 11.8 Å². The Kier molecular flexibility index (Phi) is 4.73. The predicted octanol–water partition coefficient (Wildman–Crippen LogP) is 3.15. The Morgan fingerprint density at radius 1 is 0.893 bits per heavy atom. The van der Waals surface area contributed by atoms with Gasteiger partial charge in [-0.25, -0.2) is 0 Å². The molecule has 1 aliphatic heterocycles. The molecule has 7 nitrogen and oxygen atoms in total. The van der Waals surface area contributed by atoms with Crippen LogP contribution in [-0.2, 0) is 0 Å². The first-order valence-corrected chi connectivity index (χ1v) is 9.19. The number of aromatic nitrogens is 1. The van der Waals surface area contributed by atoms with Crippen molar-refractivity contribution in [3.8, 4) is 11.5 Å². The normalized spacial score (nSPS) is 14.4. The van der Waals surface area contributed by atoms with Gasteiger partial charge in [0.2, 0.25) is 5.76 Å². The largest absolute Gasteiger partial charge is 0.461 e. The Balaban J connectivity index is 1.39. The standard InChI is InChI=1S/C21H21N3O4/c1-14-5-6-16(12-15(14)2)20(25)23-7-9-24(10-8-23)21(26)17-13-19(28-22-17)18-4-3-11-27-18/h3-6,11-13H,7-10H2,1-2H3. The second-order valence-electron chi connectivity index (χ2n) is 6.94. The number of carbonyl (C=O) groups excluding carboxylic acids is 2. The van der Waals surface area contributed by atoms with Gasteiger partial charge in [-0.3, -0.25) is 9.59 Å². The fourth-order valence-corrected chi connectivity index (χ4v) is 3.24. The summed E-state index contributed by atoms with van der Waals surface area (Å²) in [6.45, 7) is 5.91. The van der Waals surface area contributed by atoms with Crippen LogP contribution in [-0.4, -0.2) is 52.9 Å². The number of benzene rings is 1. The number of rotatable bonds is 3. The van der Waals surface area contributed by atoms with Gasteiger partial charge >= 0.3 is 0 Å². The van der Waals surface area contributed by atoms with Crippen molar-refractivity contribution in [3.05, 3.63) is 65.0 Å². The van der Waals surface area contributed by atoms with Gasteiger partial charge in [-0.15, -0.1) is 0 Å². The Morgan fingerprint density at radius 2 is 1.61 bits per heavy atom. The molecule has 1 saturated heterocycles. The molecule has 0 aliphatic carbocycles. The zero-order valence-electron chi connectivity index (χ0n) is 15.8. The van der Waals surface area contributed by atoms with E-state index in [1.165, 1.54) is 6.26 Å². The molecule has 4 rings (SSSR count). The molecule has 3 heterocycles. The van der Waals surface area contributed by atoms with Gasteiger partial charge in [0, 0.05) is 37.8 Å². The third-order valence-electron chi connectivity index (χ3n) is 5.10. The lowest BCUT2D eigenvalue weighted by molar-refractivity contribution is 0.0530. The maximum Gasteiger partial charge on any atom is 0.276 e. The van der Waals surface area contributed by atoms with E-state index in [0.717, 1.165) is 11.1 Å². The molecule has 0 saturated carbocycles. The Hall–Kier alpha value is -3.35. The van der Waals surface area contributed by atoms with Gasteiger partial charge in [0.25, 0.3) is 11.8 Å². The molecule has 0 spiro atoms. The Morgan fingerprint density at radius 3 is 2.25 bits per heavy atom. The highest BCUT2D eigenvalue weighted by molar-refractivity contribution is 5.95. The quantitative estimate of drug-likeness (QED) is 0.698. The number of nitrogens with zero attached hydrogens (tertiary/aromatic N) is 3. The second kappa shape index (κ2) is 7.34. The second-order valence-corrected chi connectivity index (χ2v) is 6.94. The van der Waals surface area contributed by atoms with E-state index in [1.807, 2.05) is 32.0 Å². The molecular formula is C21H21N3O4. The average Bonchev–Trinajstić information content (AvgIpc) is 3.41. The van der Waals surface area contributed by atoms with E-state index in [2.05, 4.69) is 5.16 Å². The van der Waals surface area contributed by atoms with E-state index in [1.54, 1.807) is 28.0 Å². The maximum atomic E-state index is 12.7. The third kappa shape index (κ3) is 3.43. The van der Waals surface area contributed by atoms with Crippen LogP contribution in [0.25, 0.3) is 11.5 Å². The summed E-state index contributed by atoms with van der Waals surface area (Å²) < 4.78 is 10.5. The van der Waals surface area contributed by atoms with Crippen LogP contribution in [0.15, 0.2) is 51.6 Å². The van der Waals surface area contributed by atoms with Crippen LogP contribution < -0.4 is 0 Å². The molecule has 0 radical (unpaired) electrons. The molecule has 1 aromatic carbocycles. The van der Waals surface area contributed by atoms with Crippen molar-refractivity contribution in [1.29, 1.82) is 0 Å². The van der Waals surface area contributed by atoms with Crippen molar-refractivity contribution in [2.45, 2.75) is 13.8 Å². The van der Waals surface area contributed by atoms with E-state index in [-0.39, 0.29) is 17.5 Å². The average molecular weight is 379 g/mol. The van der Waals surface area contributed by atoms with Gasteiger partial charge in [-0.2, -0.15) is 0 Å². The lowest BCUT2D eigenvalue weighted by atomic mass is 10.1.